The molecule has 174 valence electrons. The van der Waals surface area contributed by atoms with Gasteiger partial charge in [0.2, 0.25) is 5.95 Å². The molecule has 3 aromatic rings. The fourth-order valence-corrected chi connectivity index (χ4v) is 3.77. The lowest BCUT2D eigenvalue weighted by Gasteiger charge is -2.20. The first-order chi connectivity index (χ1) is 16.0. The number of benzene rings is 1. The van der Waals surface area contributed by atoms with Crippen molar-refractivity contribution in [2.75, 3.05) is 50.1 Å². The van der Waals surface area contributed by atoms with Gasteiger partial charge in [0.05, 0.1) is 11.7 Å². The van der Waals surface area contributed by atoms with E-state index >= 15 is 0 Å². The average Bonchev–Trinajstić information content (AvgIpc) is 3.11. The summed E-state index contributed by atoms with van der Waals surface area (Å²) in [5, 5.41) is 10.3. The molecule has 1 aliphatic rings. The van der Waals surface area contributed by atoms with Crippen molar-refractivity contribution < 1.29 is 9.53 Å². The van der Waals surface area contributed by atoms with E-state index in [1.54, 1.807) is 19.3 Å². The third kappa shape index (κ3) is 5.18. The molecule has 0 unspecified atom stereocenters. The first-order valence-electron chi connectivity index (χ1n) is 10.7. The van der Waals surface area contributed by atoms with Gasteiger partial charge in [0.25, 0.3) is 11.5 Å². The van der Waals surface area contributed by atoms with Gasteiger partial charge in [-0.15, -0.1) is 0 Å². The van der Waals surface area contributed by atoms with Gasteiger partial charge >= 0.3 is 0 Å². The van der Waals surface area contributed by atoms with Gasteiger partial charge in [0.15, 0.2) is 18.2 Å². The standard InChI is InChI=1S/C22H26ClN7O3/c1-24-19(31)13-33-18-11-14-10-15(4-5-17(14)29(2)21(18)32)27-20-16(23)12-26-22(28-20)30-8-3-6-25-7-9-30/h4-5,10-12,25H,3,6-9,13H2,1-2H3,(H,24,31)(H,26,27,28). The van der Waals surface area contributed by atoms with Crippen LogP contribution in [0.15, 0.2) is 35.3 Å². The van der Waals surface area contributed by atoms with Gasteiger partial charge in [-0.1, -0.05) is 11.6 Å². The lowest BCUT2D eigenvalue weighted by molar-refractivity contribution is -0.122. The number of aromatic nitrogens is 3. The highest BCUT2D eigenvalue weighted by Gasteiger charge is 2.15. The number of nitrogens with one attached hydrogen (secondary N) is 3. The van der Waals surface area contributed by atoms with E-state index < -0.39 is 0 Å². The number of pyridine rings is 1. The smallest absolute Gasteiger partial charge is 0.293 e. The number of carbonyl (C=O) groups excluding carboxylic acids is 1. The van der Waals surface area contributed by atoms with Crippen LogP contribution >= 0.6 is 11.6 Å². The maximum Gasteiger partial charge on any atom is 0.293 e. The van der Waals surface area contributed by atoms with E-state index in [2.05, 4.69) is 30.8 Å². The van der Waals surface area contributed by atoms with E-state index in [-0.39, 0.29) is 23.8 Å². The molecule has 1 fully saturated rings. The van der Waals surface area contributed by atoms with Crippen LogP contribution in [0.1, 0.15) is 6.42 Å². The molecule has 1 amide bonds. The molecule has 0 spiro atoms. The molecule has 0 radical (unpaired) electrons. The van der Waals surface area contributed by atoms with E-state index in [9.17, 15) is 9.59 Å². The van der Waals surface area contributed by atoms with Crippen LogP contribution in [0.4, 0.5) is 17.5 Å². The topological polar surface area (TPSA) is 113 Å². The summed E-state index contributed by atoms with van der Waals surface area (Å²) in [6.07, 6.45) is 2.61. The number of ether oxygens (including phenoxy) is 1. The van der Waals surface area contributed by atoms with Crippen molar-refractivity contribution in [1.29, 1.82) is 0 Å². The molecule has 1 aromatic carbocycles. The number of carbonyl (C=O) groups is 1. The van der Waals surface area contributed by atoms with E-state index in [0.717, 1.165) is 49.2 Å². The molecule has 0 saturated carbocycles. The van der Waals surface area contributed by atoms with Crippen molar-refractivity contribution in [3.63, 3.8) is 0 Å². The zero-order valence-corrected chi connectivity index (χ0v) is 19.3. The second-order valence-corrected chi connectivity index (χ2v) is 8.10. The monoisotopic (exact) mass is 471 g/mol. The molecule has 0 atom stereocenters. The number of amides is 1. The second-order valence-electron chi connectivity index (χ2n) is 7.69. The number of fused-ring (bicyclic) bond motifs is 1. The van der Waals surface area contributed by atoms with Crippen LogP contribution in [-0.2, 0) is 11.8 Å². The summed E-state index contributed by atoms with van der Waals surface area (Å²) in [6.45, 7) is 3.31. The molecule has 3 N–H and O–H groups in total. The third-order valence-corrected chi connectivity index (χ3v) is 5.72. The number of nitrogens with zero attached hydrogens (tertiary/aromatic N) is 4. The Hall–Kier alpha value is -3.37. The van der Waals surface area contributed by atoms with Crippen LogP contribution < -0.4 is 31.1 Å². The summed E-state index contributed by atoms with van der Waals surface area (Å²) >= 11 is 6.37. The Morgan fingerprint density at radius 1 is 1.27 bits per heavy atom. The number of hydrogen-bond acceptors (Lipinski definition) is 8. The lowest BCUT2D eigenvalue weighted by Crippen LogP contribution is -2.29. The minimum Gasteiger partial charge on any atom is -0.478 e. The van der Waals surface area contributed by atoms with Gasteiger partial charge in [-0.25, -0.2) is 4.98 Å². The molecule has 33 heavy (non-hydrogen) atoms. The summed E-state index contributed by atoms with van der Waals surface area (Å²) in [4.78, 5) is 35.2. The number of aryl methyl sites for hydroxylation is 1. The SMILES string of the molecule is CNC(=O)COc1cc2cc(Nc3nc(N4CCCNCC4)ncc3Cl)ccc2n(C)c1=O. The van der Waals surface area contributed by atoms with Crippen LogP contribution in [0.3, 0.4) is 0 Å². The maximum absolute atomic E-state index is 12.6. The lowest BCUT2D eigenvalue weighted by atomic mass is 10.2. The van der Waals surface area contributed by atoms with Crippen LogP contribution in [0.5, 0.6) is 5.75 Å². The molecule has 4 rings (SSSR count). The van der Waals surface area contributed by atoms with Crippen LogP contribution in [0, 0.1) is 0 Å². The van der Waals surface area contributed by atoms with Crippen LogP contribution in [0.2, 0.25) is 5.02 Å². The van der Waals surface area contributed by atoms with Gasteiger partial charge in [-0.05, 0) is 37.2 Å². The Kier molecular flexibility index (Phi) is 6.95. The van der Waals surface area contributed by atoms with E-state index in [4.69, 9.17) is 16.3 Å². The molecule has 2 aromatic heterocycles. The van der Waals surface area contributed by atoms with Crippen molar-refractivity contribution in [3.05, 3.63) is 45.8 Å². The van der Waals surface area contributed by atoms with E-state index in [0.29, 0.717) is 16.8 Å². The van der Waals surface area contributed by atoms with Crippen molar-refractivity contribution in [3.8, 4) is 5.75 Å². The van der Waals surface area contributed by atoms with Crippen molar-refractivity contribution in [2.24, 2.45) is 7.05 Å². The number of likely N-dealkylation sites (N-methyl/N-ethyl adjacent to an activating group) is 1. The molecule has 10 nitrogen and oxygen atoms in total. The Balaban J connectivity index is 1.62. The summed E-state index contributed by atoms with van der Waals surface area (Å²) in [7, 11) is 3.17. The van der Waals surface area contributed by atoms with Crippen molar-refractivity contribution >= 4 is 45.9 Å². The number of rotatable bonds is 6. The Morgan fingerprint density at radius 2 is 2.12 bits per heavy atom. The molecular formula is C22H26ClN7O3. The largest absolute Gasteiger partial charge is 0.478 e. The zero-order chi connectivity index (χ0) is 23.4. The highest BCUT2D eigenvalue weighted by Crippen LogP contribution is 2.27. The number of anilines is 3. The first-order valence-corrected chi connectivity index (χ1v) is 11.1. The minimum absolute atomic E-state index is 0.0999. The van der Waals surface area contributed by atoms with E-state index in [1.165, 1.54) is 11.6 Å². The van der Waals surface area contributed by atoms with Crippen molar-refractivity contribution in [1.82, 2.24) is 25.2 Å². The minimum atomic E-state index is -0.318. The molecular weight excluding hydrogens is 446 g/mol. The Labute approximate surface area is 195 Å². The summed E-state index contributed by atoms with van der Waals surface area (Å²) in [5.74, 6) is 0.905. The number of hydrogen-bond donors (Lipinski definition) is 3. The first kappa shape index (κ1) is 22.8. The molecule has 0 aliphatic carbocycles. The normalized spacial score (nSPS) is 14.1. The van der Waals surface area contributed by atoms with Gasteiger partial charge in [0, 0.05) is 44.8 Å². The average molecular weight is 472 g/mol. The summed E-state index contributed by atoms with van der Waals surface area (Å²) in [5.41, 5.74) is 1.15. The Bertz CT molecular complexity index is 1220. The second kappa shape index (κ2) is 10.1. The highest BCUT2D eigenvalue weighted by molar-refractivity contribution is 6.32. The summed E-state index contributed by atoms with van der Waals surface area (Å²) in [6, 6.07) is 7.18. The fourth-order valence-electron chi connectivity index (χ4n) is 3.63. The third-order valence-electron chi connectivity index (χ3n) is 5.45. The van der Waals surface area contributed by atoms with Crippen molar-refractivity contribution in [2.45, 2.75) is 6.42 Å². The molecule has 0 bridgehead atoms. The predicted octanol–water partition coefficient (Wildman–Crippen LogP) is 1.65. The van der Waals surface area contributed by atoms with Gasteiger partial charge in [-0.2, -0.15) is 4.98 Å². The van der Waals surface area contributed by atoms with Gasteiger partial charge < -0.3 is 30.2 Å². The molecule has 11 heteroatoms. The zero-order valence-electron chi connectivity index (χ0n) is 18.5. The molecule has 1 aliphatic heterocycles. The van der Waals surface area contributed by atoms with Crippen LogP contribution in [0.25, 0.3) is 10.9 Å². The highest BCUT2D eigenvalue weighted by atomic mass is 35.5. The quantitative estimate of drug-likeness (QED) is 0.497. The Morgan fingerprint density at radius 3 is 2.94 bits per heavy atom. The molecule has 3 heterocycles. The van der Waals surface area contributed by atoms with Gasteiger partial charge in [0.1, 0.15) is 5.02 Å². The fraction of sp³-hybridized carbons (Fsp3) is 0.364. The number of halogens is 1. The van der Waals surface area contributed by atoms with E-state index in [1.807, 2.05) is 18.2 Å². The maximum atomic E-state index is 12.6. The van der Waals surface area contributed by atoms with Gasteiger partial charge in [-0.3, -0.25) is 9.59 Å². The predicted molar refractivity (Wildman–Crippen MR) is 129 cm³/mol. The molecule has 1 saturated heterocycles. The summed E-state index contributed by atoms with van der Waals surface area (Å²) < 4.78 is 6.92. The van der Waals surface area contributed by atoms with Crippen LogP contribution in [-0.4, -0.2) is 60.3 Å².